The smallest absolute Gasteiger partial charge is 0.137 e. The predicted octanol–water partition coefficient (Wildman–Crippen LogP) is 13.1. The molecular formula is C50H26N4O2. The third-order valence-electron chi connectivity index (χ3n) is 11.3. The lowest BCUT2D eigenvalue weighted by atomic mass is 9.99. The Kier molecular flexibility index (Phi) is 6.10. The zero-order chi connectivity index (χ0) is 37.1. The van der Waals surface area contributed by atoms with Crippen LogP contribution in [0.3, 0.4) is 0 Å². The minimum Gasteiger partial charge on any atom is -0.456 e. The highest BCUT2D eigenvalue weighted by Gasteiger charge is 2.21. The van der Waals surface area contributed by atoms with Crippen LogP contribution in [0.4, 0.5) is 0 Å². The van der Waals surface area contributed by atoms with Crippen LogP contribution in [0.25, 0.3) is 110 Å². The van der Waals surface area contributed by atoms with E-state index in [9.17, 15) is 10.5 Å². The topological polar surface area (TPSA) is 83.7 Å². The molecule has 6 heteroatoms. The number of para-hydroxylation sites is 4. The first kappa shape index (κ1) is 30.4. The van der Waals surface area contributed by atoms with Crippen LogP contribution in [0, 0.1) is 22.7 Å². The van der Waals surface area contributed by atoms with Crippen LogP contribution in [0.1, 0.15) is 11.1 Å². The summed E-state index contributed by atoms with van der Waals surface area (Å²) in [5.74, 6) is 0. The molecule has 0 aliphatic heterocycles. The number of fused-ring (bicyclic) bond motifs is 13. The molecule has 12 aromatic rings. The molecule has 0 aliphatic carbocycles. The Morgan fingerprint density at radius 3 is 1.88 bits per heavy atom. The zero-order valence-electron chi connectivity index (χ0n) is 29.6. The van der Waals surface area contributed by atoms with E-state index in [1.54, 1.807) is 0 Å². The summed E-state index contributed by atoms with van der Waals surface area (Å²) in [4.78, 5) is 0. The summed E-state index contributed by atoms with van der Waals surface area (Å²) in [5.41, 5.74) is 11.7. The van der Waals surface area contributed by atoms with Gasteiger partial charge in [0.05, 0.1) is 50.3 Å². The second-order valence-electron chi connectivity index (χ2n) is 14.3. The molecule has 8 aromatic carbocycles. The predicted molar refractivity (Wildman–Crippen MR) is 225 cm³/mol. The summed E-state index contributed by atoms with van der Waals surface area (Å²) in [7, 11) is 0. The van der Waals surface area contributed by atoms with E-state index >= 15 is 0 Å². The summed E-state index contributed by atoms with van der Waals surface area (Å²) in [6.07, 6.45) is 0. The number of hydrogen-bond donors (Lipinski definition) is 0. The fourth-order valence-corrected chi connectivity index (χ4v) is 8.95. The fraction of sp³-hybridized carbons (Fsp3) is 0. The van der Waals surface area contributed by atoms with Gasteiger partial charge < -0.3 is 18.0 Å². The zero-order valence-corrected chi connectivity index (χ0v) is 29.6. The molecule has 12 rings (SSSR count). The van der Waals surface area contributed by atoms with Crippen molar-refractivity contribution in [3.8, 4) is 34.6 Å². The second kappa shape index (κ2) is 11.2. The van der Waals surface area contributed by atoms with Gasteiger partial charge in [-0.15, -0.1) is 0 Å². The molecule has 0 aliphatic rings. The van der Waals surface area contributed by atoms with Crippen molar-refractivity contribution >= 4 is 87.5 Å². The Hall–Kier alpha value is -8.06. The lowest BCUT2D eigenvalue weighted by Crippen LogP contribution is -1.99. The third kappa shape index (κ3) is 4.13. The van der Waals surface area contributed by atoms with Gasteiger partial charge in [-0.2, -0.15) is 10.5 Å². The lowest BCUT2D eigenvalue weighted by molar-refractivity contribution is 0.669. The summed E-state index contributed by atoms with van der Waals surface area (Å²) in [6.45, 7) is 0. The van der Waals surface area contributed by atoms with Gasteiger partial charge in [-0.25, -0.2) is 0 Å². The molecule has 0 fully saturated rings. The Labute approximate surface area is 318 Å². The largest absolute Gasteiger partial charge is 0.456 e. The monoisotopic (exact) mass is 714 g/mol. The Balaban J connectivity index is 1.09. The summed E-state index contributed by atoms with van der Waals surface area (Å²) in [6, 6.07) is 58.2. The first-order valence-corrected chi connectivity index (χ1v) is 18.5. The number of furan rings is 2. The number of benzene rings is 8. The van der Waals surface area contributed by atoms with Crippen LogP contribution >= 0.6 is 0 Å². The number of nitrogens with zero attached hydrogens (tertiary/aromatic N) is 4. The molecule has 56 heavy (non-hydrogen) atoms. The van der Waals surface area contributed by atoms with Crippen molar-refractivity contribution in [3.63, 3.8) is 0 Å². The van der Waals surface area contributed by atoms with Gasteiger partial charge in [0.25, 0.3) is 0 Å². The molecule has 0 amide bonds. The molecule has 6 nitrogen and oxygen atoms in total. The Morgan fingerprint density at radius 2 is 1.09 bits per heavy atom. The van der Waals surface area contributed by atoms with E-state index in [1.807, 2.05) is 84.9 Å². The normalized spacial score (nSPS) is 11.9. The van der Waals surface area contributed by atoms with E-state index < -0.39 is 0 Å². The van der Waals surface area contributed by atoms with Crippen LogP contribution in [0.2, 0.25) is 0 Å². The van der Waals surface area contributed by atoms with Crippen molar-refractivity contribution in [2.45, 2.75) is 0 Å². The highest BCUT2D eigenvalue weighted by molar-refractivity contribution is 6.24. The molecule has 258 valence electrons. The Morgan fingerprint density at radius 1 is 0.411 bits per heavy atom. The molecule has 4 heterocycles. The number of aromatic nitrogens is 2. The Bertz CT molecular complexity index is 3750. The van der Waals surface area contributed by atoms with E-state index in [0.29, 0.717) is 11.1 Å². The van der Waals surface area contributed by atoms with Gasteiger partial charge in [0.15, 0.2) is 0 Å². The maximum atomic E-state index is 10.8. The van der Waals surface area contributed by atoms with Crippen LogP contribution in [-0.4, -0.2) is 9.13 Å². The SMILES string of the molecule is N#Cc1cc(-c2ccc(-n3c4ccccc4c4cc5oc6ccccc6c5cc43)c(C#N)c2)cc(-n2c3ccccc3c3ccc4oc5ccccc5c4c32)c1. The van der Waals surface area contributed by atoms with Gasteiger partial charge >= 0.3 is 0 Å². The molecule has 0 unspecified atom stereocenters. The fourth-order valence-electron chi connectivity index (χ4n) is 8.95. The second-order valence-corrected chi connectivity index (χ2v) is 14.3. The van der Waals surface area contributed by atoms with E-state index in [0.717, 1.165) is 110 Å². The average Bonchev–Trinajstić information content (AvgIpc) is 3.99. The molecule has 0 radical (unpaired) electrons. The number of nitriles is 2. The molecule has 0 bridgehead atoms. The van der Waals surface area contributed by atoms with Gasteiger partial charge in [0.2, 0.25) is 0 Å². The van der Waals surface area contributed by atoms with E-state index in [4.69, 9.17) is 8.83 Å². The van der Waals surface area contributed by atoms with Crippen LogP contribution < -0.4 is 0 Å². The van der Waals surface area contributed by atoms with Gasteiger partial charge in [-0.3, -0.25) is 0 Å². The number of hydrogen-bond acceptors (Lipinski definition) is 4. The highest BCUT2D eigenvalue weighted by atomic mass is 16.3. The van der Waals surface area contributed by atoms with Crippen molar-refractivity contribution in [1.29, 1.82) is 10.5 Å². The van der Waals surface area contributed by atoms with Gasteiger partial charge in [-0.05, 0) is 90.0 Å². The van der Waals surface area contributed by atoms with Crippen molar-refractivity contribution < 1.29 is 8.83 Å². The van der Waals surface area contributed by atoms with Crippen LogP contribution in [-0.2, 0) is 0 Å². The minimum absolute atomic E-state index is 0.522. The first-order chi connectivity index (χ1) is 27.7. The molecule has 0 saturated heterocycles. The van der Waals surface area contributed by atoms with E-state index in [-0.39, 0.29) is 0 Å². The third-order valence-corrected chi connectivity index (χ3v) is 11.3. The first-order valence-electron chi connectivity index (χ1n) is 18.5. The molecule has 0 saturated carbocycles. The van der Waals surface area contributed by atoms with E-state index in [2.05, 4.69) is 94.1 Å². The van der Waals surface area contributed by atoms with Crippen molar-refractivity contribution in [3.05, 3.63) is 169 Å². The number of rotatable bonds is 3. The van der Waals surface area contributed by atoms with Crippen molar-refractivity contribution in [2.75, 3.05) is 0 Å². The van der Waals surface area contributed by atoms with Gasteiger partial charge in [0, 0.05) is 43.4 Å². The molecular weight excluding hydrogens is 689 g/mol. The maximum Gasteiger partial charge on any atom is 0.137 e. The lowest BCUT2D eigenvalue weighted by Gasteiger charge is -2.14. The van der Waals surface area contributed by atoms with Crippen molar-refractivity contribution in [1.82, 2.24) is 9.13 Å². The summed E-state index contributed by atoms with van der Waals surface area (Å²) >= 11 is 0. The van der Waals surface area contributed by atoms with Crippen molar-refractivity contribution in [2.24, 2.45) is 0 Å². The maximum absolute atomic E-state index is 10.8. The van der Waals surface area contributed by atoms with E-state index in [1.165, 1.54) is 0 Å². The average molecular weight is 715 g/mol. The van der Waals surface area contributed by atoms with Crippen LogP contribution in [0.15, 0.2) is 167 Å². The minimum atomic E-state index is 0.522. The molecule has 0 spiro atoms. The summed E-state index contributed by atoms with van der Waals surface area (Å²) < 4.78 is 17.1. The summed E-state index contributed by atoms with van der Waals surface area (Å²) in [5, 5.41) is 29.7. The molecule has 0 N–H and O–H groups in total. The van der Waals surface area contributed by atoms with Crippen LogP contribution in [0.5, 0.6) is 0 Å². The van der Waals surface area contributed by atoms with Gasteiger partial charge in [0.1, 0.15) is 28.4 Å². The quantitative estimate of drug-likeness (QED) is 0.182. The van der Waals surface area contributed by atoms with Gasteiger partial charge in [-0.1, -0.05) is 78.9 Å². The molecule has 0 atom stereocenters. The molecule has 4 aromatic heterocycles. The highest BCUT2D eigenvalue weighted by Crippen LogP contribution is 2.43. The standard InChI is InChI=1S/C50H26N4O2/c51-27-29-21-31(24-33(22-29)53-42-13-5-1-9-34(42)37-18-20-47-49(50(37)53)38-12-4-8-16-46(38)55-47)30-17-19-41(32(23-30)28-52)54-43-14-6-2-10-35(43)39-26-48-40(25-44(39)54)36-11-3-7-15-45(36)56-48/h1-26H.